The zero-order valence-corrected chi connectivity index (χ0v) is 18.3. The quantitative estimate of drug-likeness (QED) is 0.263. The maximum atomic E-state index is 13.3. The minimum absolute atomic E-state index is 0.0485. The van der Waals surface area contributed by atoms with E-state index in [0.29, 0.717) is 27.8 Å². The van der Waals surface area contributed by atoms with Crippen molar-refractivity contribution in [2.45, 2.75) is 38.1 Å². The Balaban J connectivity index is 1.61. The number of carbonyl (C=O) groups excluding carboxylic acids is 1. The van der Waals surface area contributed by atoms with E-state index in [9.17, 15) is 14.9 Å². The van der Waals surface area contributed by atoms with Gasteiger partial charge < -0.3 is 11.1 Å². The van der Waals surface area contributed by atoms with Gasteiger partial charge in [-0.1, -0.05) is 43.5 Å². The molecule has 4 aromatic rings. The first-order valence-corrected chi connectivity index (χ1v) is 11.2. The second-order valence-electron chi connectivity index (χ2n) is 8.36. The van der Waals surface area contributed by atoms with Crippen LogP contribution in [-0.2, 0) is 0 Å². The van der Waals surface area contributed by atoms with Crippen molar-refractivity contribution < 1.29 is 9.72 Å². The molecule has 2 aromatic heterocycles. The fraction of sp³-hybridized carbons (Fsp3) is 0.250. The van der Waals surface area contributed by atoms with Crippen molar-refractivity contribution in [3.05, 3.63) is 69.8 Å². The molecule has 34 heavy (non-hydrogen) atoms. The molecule has 1 aliphatic carbocycles. The number of nitrogens with zero attached hydrogens (tertiary/aromatic N) is 5. The fourth-order valence-corrected chi connectivity index (χ4v) is 4.34. The molecule has 1 fully saturated rings. The van der Waals surface area contributed by atoms with Gasteiger partial charge in [0.15, 0.2) is 5.65 Å². The normalized spacial score (nSPS) is 14.7. The van der Waals surface area contributed by atoms with Crippen molar-refractivity contribution in [1.82, 2.24) is 20.0 Å². The van der Waals surface area contributed by atoms with Crippen LogP contribution in [0.1, 0.15) is 48.0 Å². The van der Waals surface area contributed by atoms with Crippen LogP contribution in [0.2, 0.25) is 0 Å². The van der Waals surface area contributed by atoms with E-state index in [1.54, 1.807) is 12.1 Å². The van der Waals surface area contributed by atoms with Crippen LogP contribution in [0.5, 0.6) is 0 Å². The van der Waals surface area contributed by atoms with E-state index in [2.05, 4.69) is 20.4 Å². The van der Waals surface area contributed by atoms with Gasteiger partial charge in [0, 0.05) is 23.7 Å². The van der Waals surface area contributed by atoms with E-state index in [1.165, 1.54) is 29.4 Å². The maximum absolute atomic E-state index is 13.3. The highest BCUT2D eigenvalue weighted by Gasteiger charge is 2.26. The number of hydrogen-bond donors (Lipinski definition) is 2. The standard InChI is InChI=1S/C24H23N7O3/c25-22-20(24(32)27-16-8-2-1-3-9-16)21-23(29-19-12-5-4-11-18(19)28-21)30(22)26-14-15-7-6-10-17(13-15)31(33)34/h4-7,10-14,16H,1-3,8-9,25H2,(H,27,32)/b26-14-. The van der Waals surface area contributed by atoms with Crippen LogP contribution < -0.4 is 11.1 Å². The van der Waals surface area contributed by atoms with Crippen molar-refractivity contribution in [2.24, 2.45) is 5.10 Å². The van der Waals surface area contributed by atoms with Crippen LogP contribution in [0, 0.1) is 10.1 Å². The SMILES string of the molecule is Nc1c(C(=O)NC2CCCCC2)c2nc3ccccc3nc2n1/N=C\c1cccc([N+](=O)[O-])c1. The summed E-state index contributed by atoms with van der Waals surface area (Å²) in [7, 11) is 0. The lowest BCUT2D eigenvalue weighted by molar-refractivity contribution is -0.384. The number of nitrogens with one attached hydrogen (secondary N) is 1. The smallest absolute Gasteiger partial charge is 0.270 e. The predicted octanol–water partition coefficient (Wildman–Crippen LogP) is 4.02. The number of hydrogen-bond acceptors (Lipinski definition) is 7. The van der Waals surface area contributed by atoms with E-state index in [4.69, 9.17) is 5.73 Å². The highest BCUT2D eigenvalue weighted by Crippen LogP contribution is 2.28. The second-order valence-corrected chi connectivity index (χ2v) is 8.36. The van der Waals surface area contributed by atoms with Crippen LogP contribution in [0.15, 0.2) is 53.6 Å². The van der Waals surface area contributed by atoms with Crippen LogP contribution in [0.3, 0.4) is 0 Å². The lowest BCUT2D eigenvalue weighted by atomic mass is 9.95. The number of carbonyl (C=O) groups is 1. The van der Waals surface area contributed by atoms with E-state index in [1.807, 2.05) is 24.3 Å². The summed E-state index contributed by atoms with van der Waals surface area (Å²) in [6.07, 6.45) is 6.66. The molecule has 2 aromatic carbocycles. The molecule has 2 heterocycles. The van der Waals surface area contributed by atoms with Gasteiger partial charge in [0.2, 0.25) is 0 Å². The molecule has 10 nitrogen and oxygen atoms in total. The number of nitro groups is 1. The average Bonchev–Trinajstić information content (AvgIpc) is 3.12. The monoisotopic (exact) mass is 457 g/mol. The van der Waals surface area contributed by atoms with Crippen LogP contribution in [0.4, 0.5) is 11.5 Å². The zero-order valence-electron chi connectivity index (χ0n) is 18.3. The number of nitrogen functional groups attached to an aromatic ring is 1. The van der Waals surface area contributed by atoms with Gasteiger partial charge in [-0.05, 0) is 25.0 Å². The molecule has 0 radical (unpaired) electrons. The number of anilines is 1. The molecular weight excluding hydrogens is 434 g/mol. The number of nitro benzene ring substituents is 1. The number of benzene rings is 2. The van der Waals surface area contributed by atoms with Crippen LogP contribution in [-0.4, -0.2) is 37.7 Å². The molecule has 1 saturated carbocycles. The lowest BCUT2D eigenvalue weighted by Crippen LogP contribution is -2.36. The minimum atomic E-state index is -0.470. The van der Waals surface area contributed by atoms with Gasteiger partial charge in [0.05, 0.1) is 22.2 Å². The van der Waals surface area contributed by atoms with Crippen molar-refractivity contribution in [3.8, 4) is 0 Å². The zero-order chi connectivity index (χ0) is 23.7. The Morgan fingerprint density at radius 1 is 1.12 bits per heavy atom. The summed E-state index contributed by atoms with van der Waals surface area (Å²) in [5.74, 6) is -0.191. The number of non-ortho nitro benzene ring substituents is 1. The average molecular weight is 457 g/mol. The summed E-state index contributed by atoms with van der Waals surface area (Å²) in [6.45, 7) is 0. The van der Waals surface area contributed by atoms with Crippen molar-refractivity contribution in [3.63, 3.8) is 0 Å². The summed E-state index contributed by atoms with van der Waals surface area (Å²) < 4.78 is 1.36. The van der Waals surface area contributed by atoms with Crippen LogP contribution in [0.25, 0.3) is 22.2 Å². The van der Waals surface area contributed by atoms with Crippen molar-refractivity contribution >= 4 is 45.8 Å². The molecule has 3 N–H and O–H groups in total. The number of nitrogens with two attached hydrogens (primary N) is 1. The number of amides is 1. The Morgan fingerprint density at radius 2 is 1.85 bits per heavy atom. The molecule has 10 heteroatoms. The highest BCUT2D eigenvalue weighted by atomic mass is 16.6. The fourth-order valence-electron chi connectivity index (χ4n) is 4.34. The molecule has 0 bridgehead atoms. The first-order valence-electron chi connectivity index (χ1n) is 11.2. The summed E-state index contributed by atoms with van der Waals surface area (Å²) >= 11 is 0. The third-order valence-electron chi connectivity index (χ3n) is 6.04. The Hall–Kier alpha value is -4.34. The van der Waals surface area contributed by atoms with E-state index < -0.39 is 4.92 Å². The molecular formula is C24H23N7O3. The first-order chi connectivity index (χ1) is 16.5. The molecule has 5 rings (SSSR count). The number of fused-ring (bicyclic) bond motifs is 2. The number of para-hydroxylation sites is 2. The Kier molecular flexibility index (Phi) is 5.62. The lowest BCUT2D eigenvalue weighted by Gasteiger charge is -2.22. The molecule has 1 amide bonds. The van der Waals surface area contributed by atoms with Crippen LogP contribution >= 0.6 is 0 Å². The van der Waals surface area contributed by atoms with E-state index >= 15 is 0 Å². The third kappa shape index (κ3) is 4.05. The van der Waals surface area contributed by atoms with Gasteiger partial charge in [-0.15, -0.1) is 0 Å². The molecule has 0 saturated heterocycles. The maximum Gasteiger partial charge on any atom is 0.270 e. The van der Waals surface area contributed by atoms with Gasteiger partial charge >= 0.3 is 0 Å². The first kappa shape index (κ1) is 21.5. The number of rotatable bonds is 5. The summed E-state index contributed by atoms with van der Waals surface area (Å²) in [6, 6.07) is 13.5. The molecule has 172 valence electrons. The Bertz CT molecular complexity index is 1440. The Labute approximate surface area is 194 Å². The second kappa shape index (κ2) is 8.89. The van der Waals surface area contributed by atoms with Crippen molar-refractivity contribution in [1.29, 1.82) is 0 Å². The molecule has 0 aliphatic heterocycles. The predicted molar refractivity (Wildman–Crippen MR) is 130 cm³/mol. The minimum Gasteiger partial charge on any atom is -0.383 e. The summed E-state index contributed by atoms with van der Waals surface area (Å²) in [5.41, 5.74) is 9.10. The third-order valence-corrected chi connectivity index (χ3v) is 6.04. The summed E-state index contributed by atoms with van der Waals surface area (Å²) in [4.78, 5) is 33.3. The van der Waals surface area contributed by atoms with E-state index in [-0.39, 0.29) is 29.0 Å². The largest absolute Gasteiger partial charge is 0.383 e. The molecule has 1 aliphatic rings. The summed E-state index contributed by atoms with van der Waals surface area (Å²) in [5, 5.41) is 18.6. The number of aromatic nitrogens is 3. The molecule has 0 unspecified atom stereocenters. The molecule has 0 atom stereocenters. The van der Waals surface area contributed by atoms with Gasteiger partial charge in [0.1, 0.15) is 16.9 Å². The van der Waals surface area contributed by atoms with E-state index in [0.717, 1.165) is 25.7 Å². The Morgan fingerprint density at radius 3 is 2.59 bits per heavy atom. The van der Waals surface area contributed by atoms with Gasteiger partial charge in [-0.2, -0.15) is 9.78 Å². The topological polar surface area (TPSA) is 141 Å². The highest BCUT2D eigenvalue weighted by molar-refractivity contribution is 6.10. The molecule has 0 spiro atoms. The van der Waals surface area contributed by atoms with Gasteiger partial charge in [-0.3, -0.25) is 14.9 Å². The van der Waals surface area contributed by atoms with Gasteiger partial charge in [-0.25, -0.2) is 9.97 Å². The van der Waals surface area contributed by atoms with Crippen molar-refractivity contribution in [2.75, 3.05) is 5.73 Å². The van der Waals surface area contributed by atoms with Gasteiger partial charge in [0.25, 0.3) is 11.6 Å².